The van der Waals surface area contributed by atoms with Crippen molar-refractivity contribution in [3.63, 3.8) is 0 Å². The first-order valence-electron chi connectivity index (χ1n) is 4.03. The van der Waals surface area contributed by atoms with Crippen LogP contribution < -0.4 is 4.74 Å². The first-order valence-corrected chi connectivity index (χ1v) is 4.91. The van der Waals surface area contributed by atoms with E-state index in [0.717, 1.165) is 11.3 Å². The highest BCUT2D eigenvalue weighted by Gasteiger charge is 2.16. The molecule has 0 aliphatic carbocycles. The van der Waals surface area contributed by atoms with Gasteiger partial charge in [-0.15, -0.1) is 11.3 Å². The second kappa shape index (κ2) is 3.93. The van der Waals surface area contributed by atoms with Crippen molar-refractivity contribution in [1.29, 1.82) is 0 Å². The van der Waals surface area contributed by atoms with E-state index in [9.17, 15) is 8.78 Å². The lowest BCUT2D eigenvalue weighted by atomic mass is 10.3. The Morgan fingerprint density at radius 1 is 1.53 bits per heavy atom. The normalized spacial score (nSPS) is 10.9. The molecule has 0 saturated carbocycles. The SMILES string of the molecule is COc1[nH]ncc1-c1csc(C(F)F)n1. The quantitative estimate of drug-likeness (QED) is 0.882. The summed E-state index contributed by atoms with van der Waals surface area (Å²) < 4.78 is 29.6. The summed E-state index contributed by atoms with van der Waals surface area (Å²) in [6.07, 6.45) is -1.05. The Morgan fingerprint density at radius 2 is 2.33 bits per heavy atom. The van der Waals surface area contributed by atoms with Crippen LogP contribution in [-0.2, 0) is 0 Å². The Labute approximate surface area is 87.9 Å². The number of H-pyrrole nitrogens is 1. The van der Waals surface area contributed by atoms with Crippen LogP contribution in [0.3, 0.4) is 0 Å². The summed E-state index contributed by atoms with van der Waals surface area (Å²) in [4.78, 5) is 3.79. The number of aromatic amines is 1. The van der Waals surface area contributed by atoms with Gasteiger partial charge in [-0.25, -0.2) is 18.9 Å². The number of methoxy groups -OCH3 is 1. The van der Waals surface area contributed by atoms with Crippen LogP contribution in [0.25, 0.3) is 11.3 Å². The number of hydrogen-bond donors (Lipinski definition) is 1. The predicted molar refractivity (Wildman–Crippen MR) is 51.2 cm³/mol. The van der Waals surface area contributed by atoms with Crippen molar-refractivity contribution < 1.29 is 13.5 Å². The van der Waals surface area contributed by atoms with E-state index in [-0.39, 0.29) is 5.01 Å². The fraction of sp³-hybridized carbons (Fsp3) is 0.250. The Kier molecular flexibility index (Phi) is 2.63. The van der Waals surface area contributed by atoms with Crippen molar-refractivity contribution >= 4 is 11.3 Å². The summed E-state index contributed by atoms with van der Waals surface area (Å²) in [5.41, 5.74) is 1.03. The van der Waals surface area contributed by atoms with Gasteiger partial charge < -0.3 is 4.74 Å². The van der Waals surface area contributed by atoms with E-state index in [1.807, 2.05) is 0 Å². The van der Waals surface area contributed by atoms with E-state index in [0.29, 0.717) is 17.1 Å². The molecule has 0 aliphatic heterocycles. The summed E-state index contributed by atoms with van der Waals surface area (Å²) in [6.45, 7) is 0. The molecule has 0 unspecified atom stereocenters. The van der Waals surface area contributed by atoms with Gasteiger partial charge in [-0.05, 0) is 0 Å². The molecule has 0 fully saturated rings. The number of rotatable bonds is 3. The first kappa shape index (κ1) is 10.0. The molecule has 0 saturated heterocycles. The van der Waals surface area contributed by atoms with Gasteiger partial charge in [0.1, 0.15) is 0 Å². The van der Waals surface area contributed by atoms with Gasteiger partial charge >= 0.3 is 0 Å². The smallest absolute Gasteiger partial charge is 0.289 e. The van der Waals surface area contributed by atoms with Crippen LogP contribution in [0.5, 0.6) is 5.88 Å². The minimum Gasteiger partial charge on any atom is -0.481 e. The number of alkyl halides is 2. The fourth-order valence-electron chi connectivity index (χ4n) is 1.12. The zero-order chi connectivity index (χ0) is 10.8. The van der Waals surface area contributed by atoms with Crippen LogP contribution in [0.1, 0.15) is 11.4 Å². The number of nitrogens with one attached hydrogen (secondary N) is 1. The molecule has 2 aromatic rings. The maximum Gasteiger partial charge on any atom is 0.289 e. The lowest BCUT2D eigenvalue weighted by molar-refractivity contribution is 0.151. The lowest BCUT2D eigenvalue weighted by Crippen LogP contribution is -1.86. The second-order valence-corrected chi connectivity index (χ2v) is 3.58. The summed E-state index contributed by atoms with van der Waals surface area (Å²) >= 11 is 0.917. The highest BCUT2D eigenvalue weighted by Crippen LogP contribution is 2.31. The third kappa shape index (κ3) is 1.82. The van der Waals surface area contributed by atoms with Crippen LogP contribution in [0.4, 0.5) is 8.78 Å². The fourth-order valence-corrected chi connectivity index (χ4v) is 1.79. The van der Waals surface area contributed by atoms with Gasteiger partial charge in [-0.3, -0.25) is 0 Å². The number of ether oxygens (including phenoxy) is 1. The van der Waals surface area contributed by atoms with Gasteiger partial charge in [0.25, 0.3) is 6.43 Å². The summed E-state index contributed by atoms with van der Waals surface area (Å²) in [5, 5.41) is 7.70. The first-order chi connectivity index (χ1) is 7.22. The molecular weight excluding hydrogens is 224 g/mol. The Balaban J connectivity index is 2.37. The second-order valence-electron chi connectivity index (χ2n) is 2.69. The third-order valence-electron chi connectivity index (χ3n) is 1.79. The van der Waals surface area contributed by atoms with Gasteiger partial charge in [0.2, 0.25) is 5.88 Å². The van der Waals surface area contributed by atoms with Gasteiger partial charge in [0, 0.05) is 5.38 Å². The number of aromatic nitrogens is 3. The molecule has 0 aliphatic rings. The molecule has 0 aromatic carbocycles. The van der Waals surface area contributed by atoms with Crippen molar-refractivity contribution in [2.75, 3.05) is 7.11 Å². The Hall–Kier alpha value is -1.50. The molecule has 4 nitrogen and oxygen atoms in total. The lowest BCUT2D eigenvalue weighted by Gasteiger charge is -1.96. The zero-order valence-corrected chi connectivity index (χ0v) is 8.52. The molecule has 0 bridgehead atoms. The van der Waals surface area contributed by atoms with Crippen LogP contribution in [0, 0.1) is 0 Å². The van der Waals surface area contributed by atoms with E-state index in [1.54, 1.807) is 5.38 Å². The average Bonchev–Trinajstić information content (AvgIpc) is 2.85. The third-order valence-corrected chi connectivity index (χ3v) is 2.65. The highest BCUT2D eigenvalue weighted by atomic mass is 32.1. The van der Waals surface area contributed by atoms with Gasteiger partial charge in [-0.2, -0.15) is 5.10 Å². The van der Waals surface area contributed by atoms with E-state index in [2.05, 4.69) is 15.2 Å². The largest absolute Gasteiger partial charge is 0.481 e. The van der Waals surface area contributed by atoms with Crippen molar-refractivity contribution in [2.24, 2.45) is 0 Å². The van der Waals surface area contributed by atoms with Gasteiger partial charge in [0.05, 0.1) is 24.6 Å². The van der Waals surface area contributed by atoms with Gasteiger partial charge in [-0.1, -0.05) is 0 Å². The number of thiazole rings is 1. The standard InChI is InChI=1S/C8H7F2N3OS/c1-14-7-4(2-11-13-7)5-3-15-8(12-5)6(9)10/h2-3,6H,1H3,(H,11,13). The summed E-state index contributed by atoms with van der Waals surface area (Å²) in [5.74, 6) is 0.418. The topological polar surface area (TPSA) is 50.8 Å². The number of hydrogen-bond acceptors (Lipinski definition) is 4. The summed E-state index contributed by atoms with van der Waals surface area (Å²) in [6, 6.07) is 0. The minimum atomic E-state index is -2.54. The Bertz CT molecular complexity index is 454. The maximum atomic E-state index is 12.3. The van der Waals surface area contributed by atoms with Gasteiger partial charge in [0.15, 0.2) is 5.01 Å². The number of nitrogens with zero attached hydrogens (tertiary/aromatic N) is 2. The molecular formula is C8H7F2N3OS. The zero-order valence-electron chi connectivity index (χ0n) is 7.70. The maximum absolute atomic E-state index is 12.3. The molecule has 0 spiro atoms. The van der Waals surface area contributed by atoms with Crippen molar-refractivity contribution in [2.45, 2.75) is 6.43 Å². The van der Waals surface area contributed by atoms with Crippen molar-refractivity contribution in [3.8, 4) is 17.1 Å². The molecule has 7 heteroatoms. The summed E-state index contributed by atoms with van der Waals surface area (Å²) in [7, 11) is 1.47. The van der Waals surface area contributed by atoms with E-state index in [1.165, 1.54) is 13.3 Å². The number of halogens is 2. The van der Waals surface area contributed by atoms with Crippen molar-refractivity contribution in [1.82, 2.24) is 15.2 Å². The van der Waals surface area contributed by atoms with Crippen LogP contribution >= 0.6 is 11.3 Å². The molecule has 0 atom stereocenters. The van der Waals surface area contributed by atoms with E-state index >= 15 is 0 Å². The van der Waals surface area contributed by atoms with Crippen LogP contribution in [0.15, 0.2) is 11.6 Å². The highest BCUT2D eigenvalue weighted by molar-refractivity contribution is 7.10. The predicted octanol–water partition coefficient (Wildman–Crippen LogP) is 2.48. The average molecular weight is 231 g/mol. The molecule has 2 aromatic heterocycles. The molecule has 15 heavy (non-hydrogen) atoms. The Morgan fingerprint density at radius 3 is 2.93 bits per heavy atom. The van der Waals surface area contributed by atoms with E-state index < -0.39 is 6.43 Å². The van der Waals surface area contributed by atoms with Crippen molar-refractivity contribution in [3.05, 3.63) is 16.6 Å². The molecule has 2 rings (SSSR count). The monoisotopic (exact) mass is 231 g/mol. The molecule has 0 radical (unpaired) electrons. The van der Waals surface area contributed by atoms with Crippen LogP contribution in [0.2, 0.25) is 0 Å². The molecule has 0 amide bonds. The molecule has 1 N–H and O–H groups in total. The minimum absolute atomic E-state index is 0.201. The molecule has 2 heterocycles. The van der Waals surface area contributed by atoms with E-state index in [4.69, 9.17) is 4.74 Å². The van der Waals surface area contributed by atoms with Crippen LogP contribution in [-0.4, -0.2) is 22.3 Å². The molecule has 80 valence electrons.